The van der Waals surface area contributed by atoms with Crippen molar-refractivity contribution in [2.24, 2.45) is 7.05 Å². The molecule has 1 aromatic heterocycles. The SMILES string of the molecule is C[n+]1c2c(C(F)(F)F)cccc2c2n1NC2(C)C. The molecule has 3 nitrogen and oxygen atoms in total. The summed E-state index contributed by atoms with van der Waals surface area (Å²) in [6, 6.07) is 4.31. The minimum atomic E-state index is -4.34. The molecular weight excluding hydrogens is 243 g/mol. The van der Waals surface area contributed by atoms with Gasteiger partial charge in [0.1, 0.15) is 12.6 Å². The van der Waals surface area contributed by atoms with E-state index in [1.807, 2.05) is 13.8 Å². The van der Waals surface area contributed by atoms with E-state index < -0.39 is 11.7 Å². The topological polar surface area (TPSA) is 20.8 Å². The lowest BCUT2D eigenvalue weighted by Crippen LogP contribution is -2.59. The number of rotatable bonds is 0. The highest BCUT2D eigenvalue weighted by Crippen LogP contribution is 2.39. The number of hydrogen-bond acceptors (Lipinski definition) is 1. The van der Waals surface area contributed by atoms with E-state index in [0.29, 0.717) is 5.39 Å². The number of alkyl halides is 3. The average Bonchev–Trinajstić information content (AvgIpc) is 2.47. The molecule has 0 aliphatic carbocycles. The van der Waals surface area contributed by atoms with E-state index in [0.717, 1.165) is 11.8 Å². The van der Waals surface area contributed by atoms with Gasteiger partial charge in [0, 0.05) is 0 Å². The number of halogens is 3. The van der Waals surface area contributed by atoms with Gasteiger partial charge < -0.3 is 0 Å². The molecule has 0 radical (unpaired) electrons. The van der Waals surface area contributed by atoms with E-state index in [9.17, 15) is 13.2 Å². The van der Waals surface area contributed by atoms with Crippen molar-refractivity contribution in [2.75, 3.05) is 5.43 Å². The molecule has 1 N–H and O–H groups in total. The Bertz CT molecular complexity index is 653. The Labute approximate surface area is 102 Å². The van der Waals surface area contributed by atoms with Crippen molar-refractivity contribution in [3.8, 4) is 0 Å². The highest BCUT2D eigenvalue weighted by atomic mass is 19.4. The molecule has 3 rings (SSSR count). The van der Waals surface area contributed by atoms with E-state index in [-0.39, 0.29) is 11.1 Å². The van der Waals surface area contributed by atoms with Crippen LogP contribution in [0.25, 0.3) is 10.9 Å². The van der Waals surface area contributed by atoms with Crippen molar-refractivity contribution in [2.45, 2.75) is 25.6 Å². The van der Waals surface area contributed by atoms with Gasteiger partial charge in [-0.05, 0) is 26.0 Å². The Morgan fingerprint density at radius 2 is 1.94 bits per heavy atom. The van der Waals surface area contributed by atoms with E-state index in [1.54, 1.807) is 17.9 Å². The monoisotopic (exact) mass is 256 g/mol. The zero-order valence-corrected chi connectivity index (χ0v) is 10.3. The van der Waals surface area contributed by atoms with E-state index in [2.05, 4.69) is 5.43 Å². The maximum atomic E-state index is 13.0. The lowest BCUT2D eigenvalue weighted by molar-refractivity contribution is -0.731. The number of nitrogens with zero attached hydrogens (tertiary/aromatic N) is 2. The molecule has 1 aliphatic heterocycles. The Hall–Kier alpha value is -1.72. The molecule has 2 aromatic rings. The molecule has 0 saturated carbocycles. The number of para-hydroxylation sites is 1. The summed E-state index contributed by atoms with van der Waals surface area (Å²) in [7, 11) is 1.63. The number of hydrogen-bond donors (Lipinski definition) is 1. The predicted molar refractivity (Wildman–Crippen MR) is 60.5 cm³/mol. The quantitative estimate of drug-likeness (QED) is 0.717. The summed E-state index contributed by atoms with van der Waals surface area (Å²) in [5.41, 5.74) is 3.32. The third kappa shape index (κ3) is 1.23. The van der Waals surface area contributed by atoms with E-state index in [1.165, 1.54) is 10.7 Å². The van der Waals surface area contributed by atoms with Crippen molar-refractivity contribution in [1.82, 2.24) is 4.79 Å². The second-order valence-corrected chi connectivity index (χ2v) is 5.12. The fraction of sp³-hybridized carbons (Fsp3) is 0.417. The fourth-order valence-electron chi connectivity index (χ4n) is 2.67. The van der Waals surface area contributed by atoms with Gasteiger partial charge in [0.15, 0.2) is 16.7 Å². The summed E-state index contributed by atoms with van der Waals surface area (Å²) in [5, 5.41) is 0.649. The third-order valence-corrected chi connectivity index (χ3v) is 3.41. The van der Waals surface area contributed by atoms with Crippen molar-refractivity contribution in [3.05, 3.63) is 29.5 Å². The van der Waals surface area contributed by atoms with E-state index >= 15 is 0 Å². The lowest BCUT2D eigenvalue weighted by Gasteiger charge is -2.31. The van der Waals surface area contributed by atoms with Gasteiger partial charge in [-0.15, -0.1) is 0 Å². The van der Waals surface area contributed by atoms with Gasteiger partial charge in [-0.25, -0.2) is 0 Å². The molecule has 18 heavy (non-hydrogen) atoms. The van der Waals surface area contributed by atoms with Gasteiger partial charge in [0.2, 0.25) is 0 Å². The summed E-state index contributed by atoms with van der Waals surface area (Å²) in [6.07, 6.45) is -4.34. The number of benzene rings is 1. The Morgan fingerprint density at radius 1 is 1.28 bits per heavy atom. The molecule has 2 heterocycles. The summed E-state index contributed by atoms with van der Waals surface area (Å²) >= 11 is 0. The van der Waals surface area contributed by atoms with Gasteiger partial charge in [-0.3, -0.25) is 0 Å². The van der Waals surface area contributed by atoms with Gasteiger partial charge in [0.25, 0.3) is 0 Å². The Balaban J connectivity index is 2.42. The molecule has 0 bridgehead atoms. The molecule has 1 aliphatic rings. The van der Waals surface area contributed by atoms with Crippen LogP contribution in [-0.4, -0.2) is 4.79 Å². The van der Waals surface area contributed by atoms with Crippen molar-refractivity contribution < 1.29 is 17.9 Å². The molecule has 0 amide bonds. The maximum Gasteiger partial charge on any atom is 0.420 e. The van der Waals surface area contributed by atoms with Crippen LogP contribution >= 0.6 is 0 Å². The van der Waals surface area contributed by atoms with Crippen LogP contribution in [0.3, 0.4) is 0 Å². The average molecular weight is 256 g/mol. The summed E-state index contributed by atoms with van der Waals surface area (Å²) < 4.78 is 40.5. The molecular formula is C12H13F3N3+. The number of nitrogens with one attached hydrogen (secondary N) is 1. The third-order valence-electron chi connectivity index (χ3n) is 3.41. The number of aryl methyl sites for hydroxylation is 1. The van der Waals surface area contributed by atoms with Crippen molar-refractivity contribution in [3.63, 3.8) is 0 Å². The number of aromatic nitrogens is 2. The molecule has 0 atom stereocenters. The largest absolute Gasteiger partial charge is 0.420 e. The van der Waals surface area contributed by atoms with Gasteiger partial charge in [-0.2, -0.15) is 23.3 Å². The first-order valence-electron chi connectivity index (χ1n) is 5.63. The zero-order valence-electron chi connectivity index (χ0n) is 10.3. The normalized spacial score (nSPS) is 17.2. The van der Waals surface area contributed by atoms with E-state index in [4.69, 9.17) is 0 Å². The Kier molecular flexibility index (Phi) is 1.89. The first-order chi connectivity index (χ1) is 8.23. The van der Waals surface area contributed by atoms with Crippen molar-refractivity contribution >= 4 is 10.9 Å². The second kappa shape index (κ2) is 2.99. The standard InChI is InChI=1S/C12H13F3N3/c1-11(2)10-7-5-4-6-8(12(13,14)15)9(7)17(3)18(10)16-11/h4-6,16H,1-3H3/q+1. The molecule has 0 saturated heterocycles. The minimum Gasteiger partial charge on any atom is -0.193 e. The predicted octanol–water partition coefficient (Wildman–Crippen LogP) is 2.28. The van der Waals surface area contributed by atoms with Crippen LogP contribution in [0.2, 0.25) is 0 Å². The van der Waals surface area contributed by atoms with Crippen LogP contribution < -0.4 is 10.1 Å². The highest BCUT2D eigenvalue weighted by Gasteiger charge is 2.47. The van der Waals surface area contributed by atoms with Gasteiger partial charge >= 0.3 is 6.18 Å². The zero-order chi connectivity index (χ0) is 13.3. The molecule has 96 valence electrons. The summed E-state index contributed by atoms with van der Waals surface area (Å²) in [6.45, 7) is 3.89. The van der Waals surface area contributed by atoms with Gasteiger partial charge in [-0.1, -0.05) is 10.9 Å². The van der Waals surface area contributed by atoms with Crippen LogP contribution in [0.1, 0.15) is 25.1 Å². The second-order valence-electron chi connectivity index (χ2n) is 5.12. The van der Waals surface area contributed by atoms with Crippen LogP contribution in [-0.2, 0) is 18.8 Å². The van der Waals surface area contributed by atoms with Gasteiger partial charge in [0.05, 0.1) is 5.39 Å². The summed E-state index contributed by atoms with van der Waals surface area (Å²) in [5.74, 6) is 0. The first-order valence-corrected chi connectivity index (χ1v) is 5.63. The fourth-order valence-corrected chi connectivity index (χ4v) is 2.67. The highest BCUT2D eigenvalue weighted by molar-refractivity contribution is 5.84. The molecule has 0 unspecified atom stereocenters. The lowest BCUT2D eigenvalue weighted by atomic mass is 9.94. The molecule has 6 heteroatoms. The first kappa shape index (κ1) is 11.4. The molecule has 0 fully saturated rings. The minimum absolute atomic E-state index is 0.220. The van der Waals surface area contributed by atoms with Crippen LogP contribution in [0, 0.1) is 0 Å². The smallest absolute Gasteiger partial charge is 0.193 e. The summed E-state index contributed by atoms with van der Waals surface area (Å²) in [4.78, 5) is 1.67. The van der Waals surface area contributed by atoms with Crippen LogP contribution in [0.5, 0.6) is 0 Å². The maximum absolute atomic E-state index is 13.0. The van der Waals surface area contributed by atoms with Crippen molar-refractivity contribution in [1.29, 1.82) is 0 Å². The van der Waals surface area contributed by atoms with Crippen LogP contribution in [0.15, 0.2) is 18.2 Å². The van der Waals surface area contributed by atoms with Crippen LogP contribution in [0.4, 0.5) is 13.2 Å². The number of fused-ring (bicyclic) bond motifs is 3. The molecule has 1 aromatic carbocycles. The Morgan fingerprint density at radius 3 is 2.50 bits per heavy atom. The molecule has 0 spiro atoms.